The average Bonchev–Trinajstić information content (AvgIpc) is 3.29. The number of anilines is 1. The molecule has 0 radical (unpaired) electrons. The molecule has 2 saturated heterocycles. The zero-order valence-electron chi connectivity index (χ0n) is 20.4. The largest absolute Gasteiger partial charge is 0.479 e. The van der Waals surface area contributed by atoms with Crippen molar-refractivity contribution in [3.05, 3.63) is 11.1 Å². The Hall–Kier alpha value is -2.76. The van der Waals surface area contributed by atoms with E-state index in [4.69, 9.17) is 25.2 Å². The van der Waals surface area contributed by atoms with E-state index in [1.807, 2.05) is 0 Å². The molecule has 4 N–H and O–H groups in total. The standard InChI is InChI=1S/C20H25N5O9S3.ClH/c1-4-12(28)33-9(2)34-18(31)20(35-3)7-25-16(30)14(17(25)37-8-20)23-15(29)13(24-32-5-11(26)27)10-6-36-19(21)22-10;/h6,9,14,17H,4-5,7-8H2,1-3H3,(H2,21,22)(H,23,29)(H,26,27);1H/t9?,14?,17-,20?;/m1./s1. The van der Waals surface area contributed by atoms with Crippen LogP contribution in [-0.2, 0) is 38.3 Å². The van der Waals surface area contributed by atoms with Crippen LogP contribution >= 0.6 is 47.3 Å². The quantitative estimate of drug-likeness (QED) is 0.101. The number of halogens is 1. The van der Waals surface area contributed by atoms with Crippen molar-refractivity contribution in [2.45, 2.75) is 42.7 Å². The predicted molar refractivity (Wildman–Crippen MR) is 142 cm³/mol. The van der Waals surface area contributed by atoms with E-state index in [0.29, 0.717) is 0 Å². The Kier molecular flexibility index (Phi) is 11.0. The Balaban J connectivity index is 0.00000507. The number of nitrogen functional groups attached to an aromatic ring is 1. The fourth-order valence-corrected chi connectivity index (χ4v) is 6.49. The fraction of sp³-hybridized carbons (Fsp3) is 0.550. The average molecular weight is 612 g/mol. The van der Waals surface area contributed by atoms with E-state index >= 15 is 0 Å². The molecule has 0 saturated carbocycles. The number of β-lactam (4-membered cyclic amide) rings is 1. The summed E-state index contributed by atoms with van der Waals surface area (Å²) in [6.07, 6.45) is 0.774. The number of esters is 2. The van der Waals surface area contributed by atoms with E-state index in [1.54, 1.807) is 13.2 Å². The number of fused-ring (bicyclic) bond motifs is 1. The molecule has 2 aliphatic rings. The van der Waals surface area contributed by atoms with Crippen LogP contribution in [0.4, 0.5) is 5.13 Å². The van der Waals surface area contributed by atoms with E-state index < -0.39 is 58.8 Å². The van der Waals surface area contributed by atoms with E-state index in [-0.39, 0.29) is 47.7 Å². The van der Waals surface area contributed by atoms with E-state index in [1.165, 1.54) is 40.7 Å². The summed E-state index contributed by atoms with van der Waals surface area (Å²) < 4.78 is 9.23. The van der Waals surface area contributed by atoms with Crippen LogP contribution in [-0.4, -0.2) is 98.0 Å². The first kappa shape index (κ1) is 31.5. The number of hydrogen-bond donors (Lipinski definition) is 3. The number of thiazole rings is 1. The highest BCUT2D eigenvalue weighted by Gasteiger charge is 2.58. The van der Waals surface area contributed by atoms with Crippen molar-refractivity contribution >= 4 is 87.8 Å². The van der Waals surface area contributed by atoms with E-state index in [2.05, 4.69) is 15.5 Å². The van der Waals surface area contributed by atoms with Crippen molar-refractivity contribution in [1.82, 2.24) is 15.2 Å². The molecule has 0 aromatic carbocycles. The number of aromatic nitrogens is 1. The monoisotopic (exact) mass is 611 g/mol. The van der Waals surface area contributed by atoms with Gasteiger partial charge in [-0.2, -0.15) is 0 Å². The first-order chi connectivity index (χ1) is 17.5. The molecule has 3 heterocycles. The lowest BCUT2D eigenvalue weighted by Crippen LogP contribution is -2.75. The van der Waals surface area contributed by atoms with Gasteiger partial charge in [-0.1, -0.05) is 12.1 Å². The van der Waals surface area contributed by atoms with Crippen LogP contribution in [0.1, 0.15) is 26.0 Å². The van der Waals surface area contributed by atoms with Gasteiger partial charge < -0.3 is 35.4 Å². The van der Waals surface area contributed by atoms with Gasteiger partial charge in [-0.15, -0.1) is 47.3 Å². The van der Waals surface area contributed by atoms with Gasteiger partial charge >= 0.3 is 17.9 Å². The molecule has 4 atom stereocenters. The lowest BCUT2D eigenvalue weighted by Gasteiger charge is -2.53. The van der Waals surface area contributed by atoms with Crippen molar-refractivity contribution in [3.8, 4) is 0 Å². The predicted octanol–water partition coefficient (Wildman–Crippen LogP) is 0.297. The lowest BCUT2D eigenvalue weighted by atomic mass is 10.0. The number of carbonyl (C=O) groups is 5. The number of thioether (sulfide) groups is 2. The number of amides is 2. The van der Waals surface area contributed by atoms with Crippen LogP contribution in [0.15, 0.2) is 10.5 Å². The van der Waals surface area contributed by atoms with Gasteiger partial charge in [0.1, 0.15) is 21.9 Å². The lowest BCUT2D eigenvalue weighted by molar-refractivity contribution is -0.186. The Morgan fingerprint density at radius 2 is 2.11 bits per heavy atom. The number of nitrogens with one attached hydrogen (secondary N) is 1. The summed E-state index contributed by atoms with van der Waals surface area (Å²) in [7, 11) is 0. The molecule has 38 heavy (non-hydrogen) atoms. The Morgan fingerprint density at radius 3 is 2.68 bits per heavy atom. The fourth-order valence-electron chi connectivity index (χ4n) is 3.40. The summed E-state index contributed by atoms with van der Waals surface area (Å²) in [6, 6.07) is -0.918. The highest BCUT2D eigenvalue weighted by molar-refractivity contribution is 8.04. The summed E-state index contributed by atoms with van der Waals surface area (Å²) >= 11 is 3.55. The van der Waals surface area contributed by atoms with Gasteiger partial charge in [-0.25, -0.2) is 9.78 Å². The summed E-state index contributed by atoms with van der Waals surface area (Å²) in [5.74, 6) is -3.38. The molecule has 1 aromatic rings. The maximum absolute atomic E-state index is 12.9. The third kappa shape index (κ3) is 7.00. The topological polar surface area (TPSA) is 200 Å². The number of carboxylic acids is 1. The number of carbonyl (C=O) groups excluding carboxylic acids is 4. The Bertz CT molecular complexity index is 1120. The van der Waals surface area contributed by atoms with Gasteiger partial charge in [0.2, 0.25) is 18.8 Å². The van der Waals surface area contributed by atoms with Crippen LogP contribution < -0.4 is 11.1 Å². The second-order valence-electron chi connectivity index (χ2n) is 7.81. The minimum Gasteiger partial charge on any atom is -0.479 e. The highest BCUT2D eigenvalue weighted by Crippen LogP contribution is 2.43. The molecule has 2 fully saturated rings. The molecular formula is C20H26ClN5O9S3. The smallest absolute Gasteiger partial charge is 0.344 e. The molecule has 3 unspecified atom stereocenters. The van der Waals surface area contributed by atoms with E-state index in [9.17, 15) is 24.0 Å². The van der Waals surface area contributed by atoms with Crippen LogP contribution in [0.5, 0.6) is 0 Å². The number of nitrogens with two attached hydrogens (primary N) is 1. The molecule has 0 spiro atoms. The van der Waals surface area contributed by atoms with Crippen molar-refractivity contribution in [1.29, 1.82) is 0 Å². The second-order valence-corrected chi connectivity index (χ2v) is 11.0. The zero-order valence-corrected chi connectivity index (χ0v) is 23.7. The van der Waals surface area contributed by atoms with Crippen LogP contribution in [0.25, 0.3) is 0 Å². The molecule has 18 heteroatoms. The molecule has 210 valence electrons. The van der Waals surface area contributed by atoms with Crippen LogP contribution in [0.3, 0.4) is 0 Å². The Labute approximate surface area is 235 Å². The van der Waals surface area contributed by atoms with Crippen molar-refractivity contribution < 1.29 is 43.4 Å². The molecule has 14 nitrogen and oxygen atoms in total. The Morgan fingerprint density at radius 1 is 1.39 bits per heavy atom. The highest BCUT2D eigenvalue weighted by atomic mass is 35.5. The molecule has 0 aliphatic carbocycles. The van der Waals surface area contributed by atoms with Gasteiger partial charge in [0.05, 0.1) is 0 Å². The molecule has 3 rings (SSSR count). The molecule has 1 aromatic heterocycles. The van der Waals surface area contributed by atoms with Gasteiger partial charge in [0, 0.05) is 31.0 Å². The maximum atomic E-state index is 12.9. The molecular weight excluding hydrogens is 586 g/mol. The maximum Gasteiger partial charge on any atom is 0.344 e. The number of nitrogens with zero attached hydrogens (tertiary/aromatic N) is 3. The minimum absolute atomic E-state index is 0. The van der Waals surface area contributed by atoms with Crippen LogP contribution in [0, 0.1) is 0 Å². The van der Waals surface area contributed by atoms with Crippen molar-refractivity contribution in [2.75, 3.05) is 30.9 Å². The molecule has 2 amide bonds. The summed E-state index contributed by atoms with van der Waals surface area (Å²) in [4.78, 5) is 71.1. The number of rotatable bonds is 11. The van der Waals surface area contributed by atoms with Gasteiger partial charge in [0.25, 0.3) is 5.91 Å². The van der Waals surface area contributed by atoms with Crippen LogP contribution in [0.2, 0.25) is 0 Å². The molecule has 2 aliphatic heterocycles. The summed E-state index contributed by atoms with van der Waals surface area (Å²) in [6.45, 7) is 2.31. The van der Waals surface area contributed by atoms with Crippen molar-refractivity contribution in [2.24, 2.45) is 5.16 Å². The summed E-state index contributed by atoms with van der Waals surface area (Å²) in [5, 5.41) is 16.1. The van der Waals surface area contributed by atoms with Gasteiger partial charge in [-0.3, -0.25) is 19.2 Å². The zero-order chi connectivity index (χ0) is 27.3. The molecule has 0 bridgehead atoms. The normalized spacial score (nSPS) is 23.2. The third-order valence-corrected chi connectivity index (χ3v) is 8.89. The first-order valence-corrected chi connectivity index (χ1v) is 14.0. The number of carboxylic acid groups (broad SMARTS) is 1. The number of ether oxygens (including phenoxy) is 2. The minimum atomic E-state index is -1.29. The summed E-state index contributed by atoms with van der Waals surface area (Å²) in [5.41, 5.74) is 5.35. The SMILES string of the molecule is CCC(=O)OC(C)OC(=O)C1(SC)CS[C@@H]2C(NC(=O)C(=NOCC(=O)O)c3csc(N)n3)C(=O)N2C1.Cl. The van der Waals surface area contributed by atoms with Gasteiger partial charge in [0.15, 0.2) is 10.8 Å². The van der Waals surface area contributed by atoms with Gasteiger partial charge in [-0.05, 0) is 6.26 Å². The number of aliphatic carboxylic acids is 1. The van der Waals surface area contributed by atoms with Crippen molar-refractivity contribution in [3.63, 3.8) is 0 Å². The first-order valence-electron chi connectivity index (χ1n) is 10.8. The number of hydrogen-bond acceptors (Lipinski definition) is 14. The second kappa shape index (κ2) is 13.3. The van der Waals surface area contributed by atoms with E-state index in [0.717, 1.165) is 11.3 Å². The number of oxime groups is 1. The third-order valence-electron chi connectivity index (χ3n) is 5.29.